The molecule has 5 nitrogen and oxygen atoms in total. The van der Waals surface area contributed by atoms with Gasteiger partial charge in [-0.15, -0.1) is 0 Å². The molecule has 2 heterocycles. The van der Waals surface area contributed by atoms with Gasteiger partial charge in [0.25, 0.3) is 5.56 Å². The molecule has 1 aromatic heterocycles. The lowest BCUT2D eigenvalue weighted by Crippen LogP contribution is -2.34. The van der Waals surface area contributed by atoms with Gasteiger partial charge in [0.05, 0.1) is 17.8 Å². The molecule has 1 aliphatic heterocycles. The van der Waals surface area contributed by atoms with Crippen molar-refractivity contribution in [2.24, 2.45) is 11.8 Å². The van der Waals surface area contributed by atoms with E-state index in [1.165, 1.54) is 19.3 Å². The fraction of sp³-hybridized carbons (Fsp3) is 0.733. The van der Waals surface area contributed by atoms with Crippen LogP contribution in [0.3, 0.4) is 0 Å². The average Bonchev–Trinajstić information content (AvgIpc) is 2.94. The van der Waals surface area contributed by atoms with Crippen LogP contribution in [0.1, 0.15) is 32.6 Å². The summed E-state index contributed by atoms with van der Waals surface area (Å²) < 4.78 is 6.96. The van der Waals surface area contributed by atoms with Gasteiger partial charge in [0.1, 0.15) is 5.69 Å². The quantitative estimate of drug-likeness (QED) is 0.908. The predicted molar refractivity (Wildman–Crippen MR) is 82.9 cm³/mol. The topological polar surface area (TPSA) is 56.2 Å². The number of aromatic nitrogens is 2. The maximum atomic E-state index is 12.5. The molecule has 1 aromatic rings. The molecule has 2 aliphatic rings. The molecule has 2 fully saturated rings. The summed E-state index contributed by atoms with van der Waals surface area (Å²) in [6.07, 6.45) is 6.23. The third kappa shape index (κ3) is 3.24. The first-order valence-corrected chi connectivity index (χ1v) is 8.13. The minimum atomic E-state index is -0.111. The highest BCUT2D eigenvalue weighted by Gasteiger charge is 2.25. The molecule has 2 atom stereocenters. The van der Waals surface area contributed by atoms with Crippen LogP contribution in [-0.2, 0) is 11.3 Å². The van der Waals surface area contributed by atoms with Crippen molar-refractivity contribution in [1.82, 2.24) is 9.78 Å². The van der Waals surface area contributed by atoms with E-state index in [0.717, 1.165) is 19.6 Å². The van der Waals surface area contributed by atoms with Gasteiger partial charge in [0.15, 0.2) is 0 Å². The smallest absolute Gasteiger partial charge is 0.291 e. The van der Waals surface area contributed by atoms with Crippen LogP contribution in [0.15, 0.2) is 11.0 Å². The van der Waals surface area contributed by atoms with E-state index in [1.807, 2.05) is 0 Å². The highest BCUT2D eigenvalue weighted by molar-refractivity contribution is 6.33. The summed E-state index contributed by atoms with van der Waals surface area (Å²) in [6, 6.07) is 0.164. The summed E-state index contributed by atoms with van der Waals surface area (Å²) in [5.74, 6) is 1.01. The molecule has 1 saturated heterocycles. The molecule has 21 heavy (non-hydrogen) atoms. The number of halogens is 1. The van der Waals surface area contributed by atoms with Crippen molar-refractivity contribution < 1.29 is 4.74 Å². The first-order valence-electron chi connectivity index (χ1n) is 7.75. The van der Waals surface area contributed by atoms with Crippen molar-refractivity contribution in [1.29, 1.82) is 0 Å². The summed E-state index contributed by atoms with van der Waals surface area (Å²) in [5, 5.41) is 7.86. The maximum Gasteiger partial charge on any atom is 0.291 e. The van der Waals surface area contributed by atoms with E-state index in [4.69, 9.17) is 16.3 Å². The molecule has 1 N–H and O–H groups in total. The summed E-state index contributed by atoms with van der Waals surface area (Å²) in [5.41, 5.74) is 0.366. The second kappa shape index (κ2) is 6.36. The van der Waals surface area contributed by atoms with Crippen LogP contribution in [-0.4, -0.2) is 29.0 Å². The Morgan fingerprint density at radius 1 is 1.52 bits per heavy atom. The zero-order valence-corrected chi connectivity index (χ0v) is 13.1. The molecule has 6 heteroatoms. The van der Waals surface area contributed by atoms with E-state index in [9.17, 15) is 4.79 Å². The minimum Gasteiger partial charge on any atom is -0.381 e. The summed E-state index contributed by atoms with van der Waals surface area (Å²) in [6.45, 7) is 4.32. The van der Waals surface area contributed by atoms with Crippen molar-refractivity contribution in [2.75, 3.05) is 18.5 Å². The van der Waals surface area contributed by atoms with Crippen LogP contribution in [0, 0.1) is 11.8 Å². The Kier molecular flexibility index (Phi) is 4.50. The van der Waals surface area contributed by atoms with Gasteiger partial charge in [-0.2, -0.15) is 5.10 Å². The Balaban J connectivity index is 1.76. The molecule has 116 valence electrons. The second-order valence-electron chi connectivity index (χ2n) is 6.21. The lowest BCUT2D eigenvalue weighted by atomic mass is 9.85. The van der Waals surface area contributed by atoms with Crippen LogP contribution in [0.2, 0.25) is 5.02 Å². The molecule has 0 aromatic carbocycles. The van der Waals surface area contributed by atoms with E-state index < -0.39 is 0 Å². The normalized spacial score (nSPS) is 23.8. The van der Waals surface area contributed by atoms with Crippen molar-refractivity contribution in [2.45, 2.75) is 45.2 Å². The largest absolute Gasteiger partial charge is 0.381 e. The van der Waals surface area contributed by atoms with Crippen molar-refractivity contribution in [3.63, 3.8) is 0 Å². The van der Waals surface area contributed by atoms with Gasteiger partial charge >= 0.3 is 0 Å². The number of hydrogen-bond acceptors (Lipinski definition) is 4. The van der Waals surface area contributed by atoms with Gasteiger partial charge in [-0.05, 0) is 32.1 Å². The van der Waals surface area contributed by atoms with Crippen LogP contribution < -0.4 is 10.9 Å². The van der Waals surface area contributed by atoms with Crippen LogP contribution in [0.25, 0.3) is 0 Å². The second-order valence-corrected chi connectivity index (χ2v) is 6.62. The standard InChI is InChI=1S/C15H22ClN3O2/c1-10(12-5-6-21-9-12)18-14-13(16)7-17-19(15(14)20)8-11-3-2-4-11/h7,10-12,18H,2-6,8-9H2,1H3. The Hall–Kier alpha value is -1.07. The lowest BCUT2D eigenvalue weighted by molar-refractivity contribution is 0.183. The lowest BCUT2D eigenvalue weighted by Gasteiger charge is -2.26. The third-order valence-corrected chi connectivity index (χ3v) is 4.98. The van der Waals surface area contributed by atoms with Crippen LogP contribution in [0.4, 0.5) is 5.69 Å². The SMILES string of the molecule is CC(Nc1c(Cl)cnn(CC2CCC2)c1=O)C1CCOC1. The first-order chi connectivity index (χ1) is 10.1. The zero-order chi connectivity index (χ0) is 14.8. The van der Waals surface area contributed by atoms with E-state index in [1.54, 1.807) is 10.9 Å². The van der Waals surface area contributed by atoms with Crippen molar-refractivity contribution in [3.05, 3.63) is 21.6 Å². The van der Waals surface area contributed by atoms with Crippen molar-refractivity contribution in [3.8, 4) is 0 Å². The predicted octanol–water partition coefficient (Wildman–Crippen LogP) is 2.53. The van der Waals surface area contributed by atoms with Crippen molar-refractivity contribution >= 4 is 17.3 Å². The van der Waals surface area contributed by atoms with Crippen LogP contribution in [0.5, 0.6) is 0 Å². The number of rotatable bonds is 5. The summed E-state index contributed by atoms with van der Waals surface area (Å²) in [7, 11) is 0. The molecule has 1 aliphatic carbocycles. The highest BCUT2D eigenvalue weighted by atomic mass is 35.5. The monoisotopic (exact) mass is 311 g/mol. The average molecular weight is 312 g/mol. The van der Waals surface area contributed by atoms with Gasteiger partial charge in [0, 0.05) is 25.1 Å². The summed E-state index contributed by atoms with van der Waals surface area (Å²) in [4.78, 5) is 12.5. The highest BCUT2D eigenvalue weighted by Crippen LogP contribution is 2.28. The van der Waals surface area contributed by atoms with Gasteiger partial charge in [-0.1, -0.05) is 18.0 Å². The fourth-order valence-electron chi connectivity index (χ4n) is 2.94. The number of anilines is 1. The third-order valence-electron chi connectivity index (χ3n) is 4.70. The Morgan fingerprint density at radius 2 is 2.33 bits per heavy atom. The molecule has 1 saturated carbocycles. The van der Waals surface area contributed by atoms with Crippen LogP contribution >= 0.6 is 11.6 Å². The minimum absolute atomic E-state index is 0.111. The van der Waals surface area contributed by atoms with Gasteiger partial charge in [0.2, 0.25) is 0 Å². The number of nitrogens with zero attached hydrogens (tertiary/aromatic N) is 2. The Labute approximate surface area is 129 Å². The van der Waals surface area contributed by atoms with Gasteiger partial charge in [-0.3, -0.25) is 4.79 Å². The Bertz CT molecular complexity index is 550. The van der Waals surface area contributed by atoms with Gasteiger partial charge < -0.3 is 10.1 Å². The van der Waals surface area contributed by atoms with Gasteiger partial charge in [-0.25, -0.2) is 4.68 Å². The number of nitrogens with one attached hydrogen (secondary N) is 1. The first kappa shape index (κ1) is 14.9. The van der Waals surface area contributed by atoms with E-state index in [-0.39, 0.29) is 11.6 Å². The molecular formula is C15H22ClN3O2. The molecule has 0 amide bonds. The molecule has 2 unspecified atom stereocenters. The van der Waals surface area contributed by atoms with E-state index >= 15 is 0 Å². The molecule has 3 rings (SSSR count). The van der Waals surface area contributed by atoms with E-state index in [0.29, 0.717) is 29.1 Å². The van der Waals surface area contributed by atoms with E-state index in [2.05, 4.69) is 17.3 Å². The molecular weight excluding hydrogens is 290 g/mol. The Morgan fingerprint density at radius 3 is 2.95 bits per heavy atom. The molecule has 0 radical (unpaired) electrons. The molecule has 0 spiro atoms. The fourth-order valence-corrected chi connectivity index (χ4v) is 3.12. The zero-order valence-electron chi connectivity index (χ0n) is 12.3. The summed E-state index contributed by atoms with van der Waals surface area (Å²) >= 11 is 6.17. The number of hydrogen-bond donors (Lipinski definition) is 1. The molecule has 0 bridgehead atoms. The number of ether oxygens (including phenoxy) is 1. The maximum absolute atomic E-state index is 12.5.